The highest BCUT2D eigenvalue weighted by Gasteiger charge is 2.40. The normalized spacial score (nSPS) is 18.9. The van der Waals surface area contributed by atoms with Gasteiger partial charge in [-0.25, -0.2) is 0 Å². The van der Waals surface area contributed by atoms with Crippen molar-refractivity contribution in [2.45, 2.75) is 57.9 Å². The molecule has 0 bridgehead atoms. The molecule has 84 valence electrons. The second-order valence-corrected chi connectivity index (χ2v) is 4.74. The predicted molar refractivity (Wildman–Crippen MR) is 61.1 cm³/mol. The van der Waals surface area contributed by atoms with Crippen molar-refractivity contribution in [3.05, 3.63) is 11.1 Å². The van der Waals surface area contributed by atoms with Gasteiger partial charge in [0.2, 0.25) is 5.28 Å². The van der Waals surface area contributed by atoms with Gasteiger partial charge in [0, 0.05) is 12.0 Å². The van der Waals surface area contributed by atoms with Gasteiger partial charge in [0.15, 0.2) is 0 Å². The molecule has 1 saturated carbocycles. The van der Waals surface area contributed by atoms with Crippen LogP contribution in [0, 0.1) is 0 Å². The van der Waals surface area contributed by atoms with Crippen LogP contribution in [0.1, 0.15) is 51.8 Å². The van der Waals surface area contributed by atoms with Gasteiger partial charge < -0.3 is 0 Å². The maximum Gasteiger partial charge on any atom is 0.225 e. The average Bonchev–Trinajstić information content (AvgIpc) is 2.50. The molecule has 1 aromatic rings. The number of nitrogens with zero attached hydrogens (tertiary/aromatic N) is 3. The molecule has 1 heterocycles. The number of aryl methyl sites for hydroxylation is 1. The molecular formula is C11H18ClN3. The van der Waals surface area contributed by atoms with Crippen molar-refractivity contribution in [3.63, 3.8) is 0 Å². The van der Waals surface area contributed by atoms with E-state index in [-0.39, 0.29) is 5.54 Å². The van der Waals surface area contributed by atoms with Gasteiger partial charge in [-0.05, 0) is 43.7 Å². The summed E-state index contributed by atoms with van der Waals surface area (Å²) < 4.78 is 2.18. The molecule has 1 aromatic heterocycles. The fraction of sp³-hybridized carbons (Fsp3) is 0.818. The van der Waals surface area contributed by atoms with Crippen molar-refractivity contribution in [2.24, 2.45) is 0 Å². The lowest BCUT2D eigenvalue weighted by Gasteiger charge is -2.43. The van der Waals surface area contributed by atoms with Gasteiger partial charge in [-0.2, -0.15) is 0 Å². The summed E-state index contributed by atoms with van der Waals surface area (Å²) in [6.07, 6.45) is 6.93. The van der Waals surface area contributed by atoms with E-state index >= 15 is 0 Å². The smallest absolute Gasteiger partial charge is 0.225 e. The Labute approximate surface area is 95.8 Å². The molecule has 0 atom stereocenters. The molecule has 4 heteroatoms. The zero-order valence-electron chi connectivity index (χ0n) is 9.46. The summed E-state index contributed by atoms with van der Waals surface area (Å²) in [5.74, 6) is 1.06. The van der Waals surface area contributed by atoms with Crippen LogP contribution in [0.4, 0.5) is 0 Å². The van der Waals surface area contributed by atoms with Gasteiger partial charge in [0.1, 0.15) is 5.82 Å². The van der Waals surface area contributed by atoms with Crippen molar-refractivity contribution in [3.8, 4) is 0 Å². The number of hydrogen-bond acceptors (Lipinski definition) is 2. The first-order valence-corrected chi connectivity index (χ1v) is 6.21. The quantitative estimate of drug-likeness (QED) is 0.791. The van der Waals surface area contributed by atoms with Gasteiger partial charge >= 0.3 is 0 Å². The highest BCUT2D eigenvalue weighted by atomic mass is 35.5. The minimum absolute atomic E-state index is 0.227. The van der Waals surface area contributed by atoms with Crippen LogP contribution < -0.4 is 0 Å². The van der Waals surface area contributed by atoms with E-state index in [1.54, 1.807) is 0 Å². The number of rotatable bonds is 4. The van der Waals surface area contributed by atoms with Crippen LogP contribution in [-0.2, 0) is 12.0 Å². The standard InChI is InChI=1S/C11H18ClN3/c1-3-6-9-13-14-10(12)15(9)11(4-2)7-5-8-11/h3-8H2,1-2H3. The highest BCUT2D eigenvalue weighted by Crippen LogP contribution is 2.44. The monoisotopic (exact) mass is 227 g/mol. The molecule has 0 amide bonds. The van der Waals surface area contributed by atoms with Crippen LogP contribution in [0.25, 0.3) is 0 Å². The van der Waals surface area contributed by atoms with Crippen LogP contribution in [0.15, 0.2) is 0 Å². The van der Waals surface area contributed by atoms with Gasteiger partial charge in [0.05, 0.1) is 0 Å². The first kappa shape index (κ1) is 10.9. The van der Waals surface area contributed by atoms with Gasteiger partial charge in [-0.15, -0.1) is 10.2 Å². The lowest BCUT2D eigenvalue weighted by atomic mass is 9.74. The summed E-state index contributed by atoms with van der Waals surface area (Å²) in [7, 11) is 0. The van der Waals surface area contributed by atoms with Crippen molar-refractivity contribution >= 4 is 11.6 Å². The van der Waals surface area contributed by atoms with E-state index in [4.69, 9.17) is 11.6 Å². The Kier molecular flexibility index (Phi) is 3.01. The molecule has 1 aliphatic carbocycles. The van der Waals surface area contributed by atoms with Crippen LogP contribution in [0.3, 0.4) is 0 Å². The Hall–Kier alpha value is -0.570. The lowest BCUT2D eigenvalue weighted by Crippen LogP contribution is -2.41. The van der Waals surface area contributed by atoms with Crippen LogP contribution in [-0.4, -0.2) is 14.8 Å². The van der Waals surface area contributed by atoms with Gasteiger partial charge in [-0.1, -0.05) is 13.8 Å². The minimum Gasteiger partial charge on any atom is -0.296 e. The van der Waals surface area contributed by atoms with Gasteiger partial charge in [-0.3, -0.25) is 4.57 Å². The molecule has 1 fully saturated rings. The molecule has 0 radical (unpaired) electrons. The Bertz CT molecular complexity index is 336. The summed E-state index contributed by atoms with van der Waals surface area (Å²) in [5.41, 5.74) is 0.227. The second-order valence-electron chi connectivity index (χ2n) is 4.40. The Balaban J connectivity index is 2.36. The molecule has 1 aliphatic rings. The van der Waals surface area contributed by atoms with Crippen LogP contribution in [0.5, 0.6) is 0 Å². The largest absolute Gasteiger partial charge is 0.296 e. The maximum atomic E-state index is 6.15. The Morgan fingerprint density at radius 3 is 2.53 bits per heavy atom. The molecular weight excluding hydrogens is 210 g/mol. The molecule has 3 nitrogen and oxygen atoms in total. The fourth-order valence-corrected chi connectivity index (χ4v) is 2.78. The number of halogens is 1. The summed E-state index contributed by atoms with van der Waals surface area (Å²) >= 11 is 6.15. The van der Waals surface area contributed by atoms with Crippen molar-refractivity contribution in [1.82, 2.24) is 14.8 Å². The van der Waals surface area contributed by atoms with E-state index in [2.05, 4.69) is 28.6 Å². The first-order valence-electron chi connectivity index (χ1n) is 5.84. The molecule has 0 aromatic carbocycles. The van der Waals surface area contributed by atoms with Crippen molar-refractivity contribution < 1.29 is 0 Å². The van der Waals surface area contributed by atoms with E-state index in [1.165, 1.54) is 19.3 Å². The topological polar surface area (TPSA) is 30.7 Å². The summed E-state index contributed by atoms with van der Waals surface area (Å²) in [5, 5.41) is 8.76. The Morgan fingerprint density at radius 2 is 2.07 bits per heavy atom. The van der Waals surface area contributed by atoms with Crippen LogP contribution in [0.2, 0.25) is 5.28 Å². The van der Waals surface area contributed by atoms with Gasteiger partial charge in [0.25, 0.3) is 0 Å². The molecule has 15 heavy (non-hydrogen) atoms. The summed E-state index contributed by atoms with van der Waals surface area (Å²) in [6, 6.07) is 0. The SMILES string of the molecule is CCCc1nnc(Cl)n1C1(CC)CCC1. The van der Waals surface area contributed by atoms with E-state index in [0.717, 1.165) is 25.1 Å². The third-order valence-electron chi connectivity index (χ3n) is 3.58. The van der Waals surface area contributed by atoms with Crippen molar-refractivity contribution in [1.29, 1.82) is 0 Å². The minimum atomic E-state index is 0.227. The molecule has 0 saturated heterocycles. The van der Waals surface area contributed by atoms with E-state index in [9.17, 15) is 0 Å². The summed E-state index contributed by atoms with van der Waals surface area (Å²) in [4.78, 5) is 0. The predicted octanol–water partition coefficient (Wildman–Crippen LogP) is 3.17. The number of hydrogen-bond donors (Lipinski definition) is 0. The summed E-state index contributed by atoms with van der Waals surface area (Å²) in [6.45, 7) is 4.39. The van der Waals surface area contributed by atoms with E-state index < -0.39 is 0 Å². The molecule has 2 rings (SSSR count). The molecule has 0 unspecified atom stereocenters. The second kappa shape index (κ2) is 4.12. The molecule has 0 aliphatic heterocycles. The molecule has 0 spiro atoms. The Morgan fingerprint density at radius 1 is 1.33 bits per heavy atom. The third kappa shape index (κ3) is 1.67. The zero-order chi connectivity index (χ0) is 10.9. The van der Waals surface area contributed by atoms with E-state index in [0.29, 0.717) is 5.28 Å². The third-order valence-corrected chi connectivity index (χ3v) is 3.83. The zero-order valence-corrected chi connectivity index (χ0v) is 10.2. The van der Waals surface area contributed by atoms with Crippen molar-refractivity contribution in [2.75, 3.05) is 0 Å². The average molecular weight is 228 g/mol. The maximum absolute atomic E-state index is 6.15. The van der Waals surface area contributed by atoms with E-state index in [1.807, 2.05) is 0 Å². The first-order chi connectivity index (χ1) is 7.23. The highest BCUT2D eigenvalue weighted by molar-refractivity contribution is 6.28. The van der Waals surface area contributed by atoms with Crippen LogP contribution >= 0.6 is 11.6 Å². The lowest BCUT2D eigenvalue weighted by molar-refractivity contribution is 0.131. The fourth-order valence-electron chi connectivity index (χ4n) is 2.47. The molecule has 0 N–H and O–H groups in total. The number of aromatic nitrogens is 3.